The van der Waals surface area contributed by atoms with Gasteiger partial charge in [-0.2, -0.15) is 0 Å². The van der Waals surface area contributed by atoms with Crippen LogP contribution in [0.25, 0.3) is 0 Å². The second kappa shape index (κ2) is 9.19. The van der Waals surface area contributed by atoms with Gasteiger partial charge in [-0.15, -0.1) is 0 Å². The molecule has 1 aliphatic carbocycles. The first-order chi connectivity index (χ1) is 13.5. The Balaban J connectivity index is 1.73. The van der Waals surface area contributed by atoms with Crippen molar-refractivity contribution < 1.29 is 14.3 Å². The van der Waals surface area contributed by atoms with Gasteiger partial charge in [-0.3, -0.25) is 9.36 Å². The van der Waals surface area contributed by atoms with Crippen LogP contribution in [0.15, 0.2) is 33.9 Å². The number of nitrogens with zero attached hydrogens (tertiary/aromatic N) is 2. The summed E-state index contributed by atoms with van der Waals surface area (Å²) in [5.41, 5.74) is 0.518. The lowest BCUT2D eigenvalue weighted by Gasteiger charge is -2.24. The van der Waals surface area contributed by atoms with E-state index >= 15 is 0 Å². The van der Waals surface area contributed by atoms with Gasteiger partial charge in [-0.1, -0.05) is 49.0 Å². The summed E-state index contributed by atoms with van der Waals surface area (Å²) < 4.78 is 20.1. The molecule has 0 saturated heterocycles. The Morgan fingerprint density at radius 3 is 2.50 bits per heavy atom. The molecule has 0 spiro atoms. The lowest BCUT2D eigenvalue weighted by molar-refractivity contribution is 0.0623. The smallest absolute Gasteiger partial charge is 0.366 e. The fourth-order valence-electron chi connectivity index (χ4n) is 3.86. The van der Waals surface area contributed by atoms with Gasteiger partial charge in [0.2, 0.25) is 0 Å². The van der Waals surface area contributed by atoms with E-state index in [1.165, 1.54) is 36.0 Å². The monoisotopic (exact) mass is 390 g/mol. The Hall–Kier alpha value is -2.41. The third kappa shape index (κ3) is 4.70. The van der Waals surface area contributed by atoms with Gasteiger partial charge >= 0.3 is 5.69 Å². The van der Waals surface area contributed by atoms with Crippen molar-refractivity contribution >= 4 is 0 Å². The van der Waals surface area contributed by atoms with Gasteiger partial charge in [0, 0.05) is 11.3 Å². The Labute approximate surface area is 163 Å². The van der Waals surface area contributed by atoms with Gasteiger partial charge in [-0.25, -0.2) is 9.18 Å². The Morgan fingerprint density at radius 1 is 1.14 bits per heavy atom. The number of hydrogen-bond acceptors (Lipinski definition) is 4. The van der Waals surface area contributed by atoms with Gasteiger partial charge in [0.15, 0.2) is 0 Å². The van der Waals surface area contributed by atoms with Gasteiger partial charge in [-0.05, 0) is 43.4 Å². The lowest BCUT2D eigenvalue weighted by Crippen LogP contribution is -2.43. The minimum atomic E-state index is -0.775. The molecule has 0 radical (unpaired) electrons. The van der Waals surface area contributed by atoms with Gasteiger partial charge < -0.3 is 9.94 Å². The van der Waals surface area contributed by atoms with Crippen molar-refractivity contribution in [1.29, 1.82) is 0 Å². The molecule has 0 bridgehead atoms. The standard InChI is InChI=1S/C21H27FN2O4/c1-15-19(13-17-5-3-2-4-6-17)23(21(26)24(27)20(15)25)14-28-12-11-16-7-9-18(22)10-8-16/h7-10,17,27H,2-6,11-14H2,1H3. The van der Waals surface area contributed by atoms with Crippen LogP contribution in [-0.2, 0) is 24.3 Å². The highest BCUT2D eigenvalue weighted by atomic mass is 19.1. The van der Waals surface area contributed by atoms with Crippen molar-refractivity contribution in [3.63, 3.8) is 0 Å². The minimum Gasteiger partial charge on any atom is -0.421 e. The number of hydrogen-bond donors (Lipinski definition) is 1. The van der Waals surface area contributed by atoms with Crippen molar-refractivity contribution in [2.75, 3.05) is 6.61 Å². The van der Waals surface area contributed by atoms with Gasteiger partial charge in [0.05, 0.1) is 6.61 Å². The maximum atomic E-state index is 13.0. The number of benzene rings is 1. The topological polar surface area (TPSA) is 73.5 Å². The van der Waals surface area contributed by atoms with Crippen molar-refractivity contribution in [3.8, 4) is 0 Å². The molecule has 1 aromatic heterocycles. The van der Waals surface area contributed by atoms with E-state index in [1.807, 2.05) is 0 Å². The van der Waals surface area contributed by atoms with Crippen LogP contribution in [0.1, 0.15) is 48.9 Å². The van der Waals surface area contributed by atoms with E-state index in [4.69, 9.17) is 4.74 Å². The second-order valence-electron chi connectivity index (χ2n) is 7.52. The second-order valence-corrected chi connectivity index (χ2v) is 7.52. The number of halogens is 1. The summed E-state index contributed by atoms with van der Waals surface area (Å²) in [6, 6.07) is 6.18. The van der Waals surface area contributed by atoms with Crippen LogP contribution < -0.4 is 11.2 Å². The fourth-order valence-corrected chi connectivity index (χ4v) is 3.86. The molecule has 28 heavy (non-hydrogen) atoms. The molecular weight excluding hydrogens is 363 g/mol. The van der Waals surface area contributed by atoms with Crippen molar-refractivity contribution in [3.05, 3.63) is 67.7 Å². The molecule has 0 aliphatic heterocycles. The molecule has 0 atom stereocenters. The Morgan fingerprint density at radius 2 is 1.82 bits per heavy atom. The zero-order valence-corrected chi connectivity index (χ0v) is 16.2. The van der Waals surface area contributed by atoms with Crippen molar-refractivity contribution in [1.82, 2.24) is 9.30 Å². The molecule has 0 unspecified atom stereocenters. The van der Waals surface area contributed by atoms with Gasteiger partial charge in [0.25, 0.3) is 5.56 Å². The van der Waals surface area contributed by atoms with E-state index in [1.54, 1.807) is 19.1 Å². The first-order valence-electron chi connectivity index (χ1n) is 9.84. The maximum absolute atomic E-state index is 13.0. The van der Waals surface area contributed by atoms with E-state index in [0.717, 1.165) is 18.4 Å². The molecule has 0 amide bonds. The van der Waals surface area contributed by atoms with E-state index in [2.05, 4.69) is 0 Å². The molecule has 7 heteroatoms. The summed E-state index contributed by atoms with van der Waals surface area (Å²) in [6.07, 6.45) is 6.94. The molecule has 1 fully saturated rings. The highest BCUT2D eigenvalue weighted by molar-refractivity contribution is 5.17. The molecule has 1 aromatic carbocycles. The number of ether oxygens (including phenoxy) is 1. The summed E-state index contributed by atoms with van der Waals surface area (Å²) in [4.78, 5) is 24.6. The SMILES string of the molecule is Cc1c(CC2CCCCC2)n(COCCc2ccc(F)cc2)c(=O)n(O)c1=O. The van der Waals surface area contributed by atoms with Crippen LogP contribution >= 0.6 is 0 Å². The molecule has 152 valence electrons. The third-order valence-corrected chi connectivity index (χ3v) is 5.56. The highest BCUT2D eigenvalue weighted by Crippen LogP contribution is 2.27. The maximum Gasteiger partial charge on any atom is 0.366 e. The molecule has 1 aliphatic rings. The molecule has 2 aromatic rings. The molecular formula is C21H27FN2O4. The molecule has 1 saturated carbocycles. The predicted octanol–water partition coefficient (Wildman–Crippen LogP) is 3.03. The van der Waals surface area contributed by atoms with Crippen LogP contribution in [0.3, 0.4) is 0 Å². The van der Waals surface area contributed by atoms with E-state index in [-0.39, 0.29) is 17.3 Å². The van der Waals surface area contributed by atoms with Gasteiger partial charge in [0.1, 0.15) is 12.5 Å². The highest BCUT2D eigenvalue weighted by Gasteiger charge is 2.21. The number of aromatic nitrogens is 2. The molecule has 1 N–H and O–H groups in total. The summed E-state index contributed by atoms with van der Waals surface area (Å²) in [7, 11) is 0. The van der Waals surface area contributed by atoms with Crippen LogP contribution in [-0.4, -0.2) is 21.1 Å². The Bertz CT molecular complexity index is 912. The van der Waals surface area contributed by atoms with Crippen molar-refractivity contribution in [2.45, 2.75) is 58.6 Å². The predicted molar refractivity (Wildman–Crippen MR) is 103 cm³/mol. The van der Waals surface area contributed by atoms with E-state index in [9.17, 15) is 19.2 Å². The first-order valence-corrected chi connectivity index (χ1v) is 9.84. The van der Waals surface area contributed by atoms with Crippen LogP contribution in [0.2, 0.25) is 0 Å². The fraction of sp³-hybridized carbons (Fsp3) is 0.524. The summed E-state index contributed by atoms with van der Waals surface area (Å²) in [5.74, 6) is 0.149. The average molecular weight is 390 g/mol. The van der Waals surface area contributed by atoms with E-state index < -0.39 is 11.2 Å². The average Bonchev–Trinajstić information content (AvgIpc) is 2.71. The zero-order valence-electron chi connectivity index (χ0n) is 16.2. The van der Waals surface area contributed by atoms with E-state index in [0.29, 0.717) is 36.6 Å². The summed E-state index contributed by atoms with van der Waals surface area (Å²) >= 11 is 0. The quantitative estimate of drug-likeness (QED) is 0.583. The zero-order chi connectivity index (χ0) is 20.1. The largest absolute Gasteiger partial charge is 0.421 e. The minimum absolute atomic E-state index is 0.0379. The first kappa shape index (κ1) is 20.3. The molecule has 6 nitrogen and oxygen atoms in total. The number of rotatable bonds is 7. The van der Waals surface area contributed by atoms with Crippen LogP contribution in [0.4, 0.5) is 4.39 Å². The summed E-state index contributed by atoms with van der Waals surface area (Å²) in [6.45, 7) is 1.94. The normalized spacial score (nSPS) is 15.1. The third-order valence-electron chi connectivity index (χ3n) is 5.56. The molecule has 1 heterocycles. The van der Waals surface area contributed by atoms with Crippen LogP contribution in [0, 0.1) is 18.7 Å². The molecule has 3 rings (SSSR count). The lowest BCUT2D eigenvalue weighted by atomic mass is 9.85. The van der Waals surface area contributed by atoms with Crippen molar-refractivity contribution in [2.24, 2.45) is 5.92 Å². The van der Waals surface area contributed by atoms with Crippen LogP contribution in [0.5, 0.6) is 0 Å². The summed E-state index contributed by atoms with van der Waals surface area (Å²) in [5, 5.41) is 9.84. The Kier molecular flexibility index (Phi) is 6.67.